The van der Waals surface area contributed by atoms with E-state index >= 15 is 0 Å². The third-order valence-electron chi connectivity index (χ3n) is 4.16. The van der Waals surface area contributed by atoms with Crippen LogP contribution in [0, 0.1) is 5.82 Å². The van der Waals surface area contributed by atoms with Gasteiger partial charge in [-0.2, -0.15) is 0 Å². The Morgan fingerprint density at radius 2 is 1.85 bits per heavy atom. The topological polar surface area (TPSA) is 72.9 Å². The standard InChI is InChI=1S/C19H18FN3O3/c20-15-6-8-16(9-7-15)22-11-12-23(19(25)13-22)17-4-2-1-3-14(17)5-10-18(24)21-26/h1-10,26H,11-13H2,(H,21,24). The number of benzene rings is 2. The minimum atomic E-state index is -0.646. The van der Waals surface area contributed by atoms with E-state index in [9.17, 15) is 14.0 Å². The van der Waals surface area contributed by atoms with Crippen LogP contribution in [-0.2, 0) is 9.59 Å². The lowest BCUT2D eigenvalue weighted by molar-refractivity contribution is -0.124. The van der Waals surface area contributed by atoms with E-state index in [1.54, 1.807) is 35.2 Å². The van der Waals surface area contributed by atoms with Gasteiger partial charge in [0.05, 0.1) is 12.2 Å². The molecule has 0 bridgehead atoms. The smallest absolute Gasteiger partial charge is 0.267 e. The molecule has 7 heteroatoms. The zero-order valence-corrected chi connectivity index (χ0v) is 13.9. The highest BCUT2D eigenvalue weighted by atomic mass is 19.1. The Morgan fingerprint density at radius 3 is 2.54 bits per heavy atom. The summed E-state index contributed by atoms with van der Waals surface area (Å²) in [6.07, 6.45) is 2.73. The average Bonchev–Trinajstić information content (AvgIpc) is 2.67. The molecular formula is C19H18FN3O3. The van der Waals surface area contributed by atoms with Crippen molar-refractivity contribution in [3.63, 3.8) is 0 Å². The van der Waals surface area contributed by atoms with Crippen molar-refractivity contribution >= 4 is 29.3 Å². The molecule has 2 amide bonds. The Hall–Kier alpha value is -3.19. The van der Waals surface area contributed by atoms with Crippen LogP contribution >= 0.6 is 0 Å². The number of hydroxylamine groups is 1. The molecule has 6 nitrogen and oxygen atoms in total. The van der Waals surface area contributed by atoms with Crippen LogP contribution in [0.25, 0.3) is 6.08 Å². The molecule has 2 N–H and O–H groups in total. The highest BCUT2D eigenvalue weighted by molar-refractivity contribution is 6.00. The third-order valence-corrected chi connectivity index (χ3v) is 4.16. The highest BCUT2D eigenvalue weighted by Crippen LogP contribution is 2.25. The predicted molar refractivity (Wildman–Crippen MR) is 96.4 cm³/mol. The van der Waals surface area contributed by atoms with Gasteiger partial charge in [0.2, 0.25) is 5.91 Å². The molecular weight excluding hydrogens is 337 g/mol. The van der Waals surface area contributed by atoms with Gasteiger partial charge in [0, 0.05) is 24.9 Å². The van der Waals surface area contributed by atoms with Crippen molar-refractivity contribution in [2.24, 2.45) is 0 Å². The van der Waals surface area contributed by atoms with Crippen molar-refractivity contribution in [3.8, 4) is 0 Å². The lowest BCUT2D eigenvalue weighted by Gasteiger charge is -2.36. The summed E-state index contributed by atoms with van der Waals surface area (Å²) in [6.45, 7) is 1.25. The first-order valence-corrected chi connectivity index (χ1v) is 8.10. The van der Waals surface area contributed by atoms with Crippen molar-refractivity contribution in [1.29, 1.82) is 0 Å². The van der Waals surface area contributed by atoms with Crippen LogP contribution in [0.2, 0.25) is 0 Å². The predicted octanol–water partition coefficient (Wildman–Crippen LogP) is 2.20. The van der Waals surface area contributed by atoms with E-state index in [2.05, 4.69) is 0 Å². The molecule has 2 aromatic rings. The number of hydrogen-bond acceptors (Lipinski definition) is 4. The first-order valence-electron chi connectivity index (χ1n) is 8.10. The lowest BCUT2D eigenvalue weighted by Crippen LogP contribution is -2.50. The number of piperazine rings is 1. The van der Waals surface area contributed by atoms with Crippen molar-refractivity contribution in [2.45, 2.75) is 0 Å². The van der Waals surface area contributed by atoms with Gasteiger partial charge in [0.25, 0.3) is 5.91 Å². The van der Waals surface area contributed by atoms with E-state index in [0.29, 0.717) is 24.3 Å². The fraction of sp³-hybridized carbons (Fsp3) is 0.158. The lowest BCUT2D eigenvalue weighted by atomic mass is 10.1. The number of amides is 2. The molecule has 0 unspecified atom stereocenters. The second-order valence-electron chi connectivity index (χ2n) is 5.81. The molecule has 1 aliphatic heterocycles. The molecule has 0 spiro atoms. The Balaban J connectivity index is 1.78. The second kappa shape index (κ2) is 7.79. The molecule has 1 saturated heterocycles. The summed E-state index contributed by atoms with van der Waals surface area (Å²) in [5.41, 5.74) is 3.72. The summed E-state index contributed by atoms with van der Waals surface area (Å²) < 4.78 is 13.1. The van der Waals surface area contributed by atoms with Gasteiger partial charge in [0.1, 0.15) is 5.82 Å². The first-order chi connectivity index (χ1) is 12.6. The van der Waals surface area contributed by atoms with E-state index < -0.39 is 5.91 Å². The number of halogens is 1. The molecule has 0 aliphatic carbocycles. The van der Waals surface area contributed by atoms with E-state index in [4.69, 9.17) is 5.21 Å². The average molecular weight is 355 g/mol. The van der Waals surface area contributed by atoms with E-state index in [1.807, 2.05) is 17.0 Å². The fourth-order valence-electron chi connectivity index (χ4n) is 2.88. The number of nitrogens with zero attached hydrogens (tertiary/aromatic N) is 2. The zero-order valence-electron chi connectivity index (χ0n) is 13.9. The van der Waals surface area contributed by atoms with Crippen LogP contribution < -0.4 is 15.3 Å². The van der Waals surface area contributed by atoms with Gasteiger partial charge < -0.3 is 9.80 Å². The largest absolute Gasteiger partial charge is 0.360 e. The summed E-state index contributed by atoms with van der Waals surface area (Å²) in [5.74, 6) is -1.05. The fourth-order valence-corrected chi connectivity index (χ4v) is 2.88. The van der Waals surface area contributed by atoms with Crippen LogP contribution in [-0.4, -0.2) is 36.7 Å². The van der Waals surface area contributed by atoms with Crippen LogP contribution in [0.1, 0.15) is 5.56 Å². The van der Waals surface area contributed by atoms with Gasteiger partial charge in [-0.05, 0) is 42.0 Å². The molecule has 3 rings (SSSR count). The van der Waals surface area contributed by atoms with E-state index in [-0.39, 0.29) is 18.3 Å². The summed E-state index contributed by atoms with van der Waals surface area (Å²) in [4.78, 5) is 27.4. The van der Waals surface area contributed by atoms with Crippen LogP contribution in [0.4, 0.5) is 15.8 Å². The molecule has 0 saturated carbocycles. The Bertz CT molecular complexity index is 836. The summed E-state index contributed by atoms with van der Waals surface area (Å²) >= 11 is 0. The van der Waals surface area contributed by atoms with Crippen molar-refractivity contribution in [3.05, 3.63) is 66.0 Å². The van der Waals surface area contributed by atoms with Crippen LogP contribution in [0.5, 0.6) is 0 Å². The number of hydrogen-bond donors (Lipinski definition) is 2. The number of anilines is 2. The minimum Gasteiger partial charge on any atom is -0.360 e. The number of nitrogens with one attached hydrogen (secondary N) is 1. The maximum atomic E-state index is 13.1. The monoisotopic (exact) mass is 355 g/mol. The zero-order chi connectivity index (χ0) is 18.5. The van der Waals surface area contributed by atoms with Gasteiger partial charge in [-0.15, -0.1) is 0 Å². The van der Waals surface area contributed by atoms with Crippen molar-refractivity contribution in [2.75, 3.05) is 29.4 Å². The third kappa shape index (κ3) is 3.89. The van der Waals surface area contributed by atoms with Crippen molar-refractivity contribution < 1.29 is 19.2 Å². The van der Waals surface area contributed by atoms with Crippen molar-refractivity contribution in [1.82, 2.24) is 5.48 Å². The van der Waals surface area contributed by atoms with Gasteiger partial charge in [-0.1, -0.05) is 18.2 Å². The molecule has 2 aromatic carbocycles. The molecule has 1 fully saturated rings. The maximum absolute atomic E-state index is 13.1. The van der Waals surface area contributed by atoms with Crippen LogP contribution in [0.3, 0.4) is 0 Å². The maximum Gasteiger partial charge on any atom is 0.267 e. The van der Waals surface area contributed by atoms with Crippen LogP contribution in [0.15, 0.2) is 54.6 Å². The van der Waals surface area contributed by atoms with Gasteiger partial charge >= 0.3 is 0 Å². The summed E-state index contributed by atoms with van der Waals surface area (Å²) in [6, 6.07) is 13.3. The van der Waals surface area contributed by atoms with Gasteiger partial charge in [-0.25, -0.2) is 9.87 Å². The molecule has 26 heavy (non-hydrogen) atoms. The first kappa shape index (κ1) is 17.6. The van der Waals surface area contributed by atoms with E-state index in [1.165, 1.54) is 23.7 Å². The minimum absolute atomic E-state index is 0.0898. The molecule has 1 heterocycles. The van der Waals surface area contributed by atoms with Gasteiger partial charge in [0.15, 0.2) is 0 Å². The second-order valence-corrected chi connectivity index (χ2v) is 5.81. The number of carbonyl (C=O) groups excluding carboxylic acids is 2. The molecule has 0 aromatic heterocycles. The Kier molecular flexibility index (Phi) is 5.28. The summed E-state index contributed by atoms with van der Waals surface area (Å²) in [5, 5.41) is 8.58. The Labute approximate surface area is 150 Å². The number of carbonyl (C=O) groups is 2. The molecule has 0 atom stereocenters. The number of rotatable bonds is 4. The number of para-hydroxylation sites is 1. The molecule has 134 valence electrons. The van der Waals surface area contributed by atoms with E-state index in [0.717, 1.165) is 5.69 Å². The highest BCUT2D eigenvalue weighted by Gasteiger charge is 2.26. The molecule has 1 aliphatic rings. The normalized spacial score (nSPS) is 14.8. The SMILES string of the molecule is O=C(C=Cc1ccccc1N1CCN(c2ccc(F)cc2)CC1=O)NO. The summed E-state index contributed by atoms with van der Waals surface area (Å²) in [7, 11) is 0. The quantitative estimate of drug-likeness (QED) is 0.501. The Morgan fingerprint density at radius 1 is 1.12 bits per heavy atom. The molecule has 0 radical (unpaired) electrons. The van der Waals surface area contributed by atoms with Gasteiger partial charge in [-0.3, -0.25) is 14.8 Å².